The summed E-state index contributed by atoms with van der Waals surface area (Å²) in [7, 11) is -3.33. The van der Waals surface area contributed by atoms with E-state index in [1.54, 1.807) is 30.0 Å². The maximum absolute atomic E-state index is 12.7. The highest BCUT2D eigenvalue weighted by molar-refractivity contribution is 8.01. The molecule has 7 nitrogen and oxygen atoms in total. The fourth-order valence-electron chi connectivity index (χ4n) is 2.80. The molecule has 1 aliphatic rings. The van der Waals surface area contributed by atoms with Gasteiger partial charge in [0.05, 0.1) is 11.4 Å². The Kier molecular flexibility index (Phi) is 6.61. The van der Waals surface area contributed by atoms with Gasteiger partial charge >= 0.3 is 0 Å². The molecule has 10 heteroatoms. The van der Waals surface area contributed by atoms with Gasteiger partial charge in [-0.2, -0.15) is 0 Å². The molecular weight excluding hydrogens is 416 g/mol. The molecule has 0 saturated carbocycles. The maximum atomic E-state index is 12.7. The molecule has 0 spiro atoms. The molecule has 1 fully saturated rings. The lowest BCUT2D eigenvalue weighted by Gasteiger charge is -2.29. The lowest BCUT2D eigenvalue weighted by Crippen LogP contribution is -2.38. The van der Waals surface area contributed by atoms with Crippen LogP contribution in [-0.4, -0.2) is 42.6 Å². The van der Waals surface area contributed by atoms with E-state index >= 15 is 0 Å². The zero-order valence-electron chi connectivity index (χ0n) is 16.1. The molecule has 0 aliphatic carbocycles. The second-order valence-corrected chi connectivity index (χ2v) is 11.4. The van der Waals surface area contributed by atoms with E-state index in [1.165, 1.54) is 15.6 Å². The average Bonchev–Trinajstić information content (AvgIpc) is 3.08. The first-order chi connectivity index (χ1) is 13.3. The number of rotatable bonds is 6. The Hall–Kier alpha value is -1.65. The highest BCUT2D eigenvalue weighted by atomic mass is 32.2. The summed E-state index contributed by atoms with van der Waals surface area (Å²) in [5.41, 5.74) is 1.79. The van der Waals surface area contributed by atoms with Crippen molar-refractivity contribution in [2.45, 2.75) is 38.0 Å². The van der Waals surface area contributed by atoms with Gasteiger partial charge in [-0.3, -0.25) is 14.4 Å². The zero-order valence-corrected chi connectivity index (χ0v) is 18.6. The van der Waals surface area contributed by atoms with Crippen molar-refractivity contribution < 1.29 is 13.2 Å². The highest BCUT2D eigenvalue weighted by Crippen LogP contribution is 2.29. The van der Waals surface area contributed by atoms with E-state index < -0.39 is 10.0 Å². The first-order valence-electron chi connectivity index (χ1n) is 9.15. The van der Waals surface area contributed by atoms with Crippen molar-refractivity contribution in [1.82, 2.24) is 10.2 Å². The molecule has 1 saturated heterocycles. The summed E-state index contributed by atoms with van der Waals surface area (Å²) in [5, 5.41) is 11.3. The van der Waals surface area contributed by atoms with E-state index in [0.29, 0.717) is 35.3 Å². The van der Waals surface area contributed by atoms with Crippen molar-refractivity contribution in [1.29, 1.82) is 0 Å². The number of carbonyl (C=O) groups excluding carboxylic acids is 1. The van der Waals surface area contributed by atoms with Crippen molar-refractivity contribution in [3.63, 3.8) is 0 Å². The van der Waals surface area contributed by atoms with Gasteiger partial charge in [0.25, 0.3) is 5.91 Å². The zero-order chi connectivity index (χ0) is 20.3. The number of carbonyl (C=O) groups is 1. The van der Waals surface area contributed by atoms with Gasteiger partial charge in [-0.1, -0.05) is 43.0 Å². The Morgan fingerprint density at radius 2 is 2.11 bits per heavy atom. The molecule has 2 heterocycles. The Morgan fingerprint density at radius 1 is 1.32 bits per heavy atom. The highest BCUT2D eigenvalue weighted by Gasteiger charge is 2.27. The van der Waals surface area contributed by atoms with Crippen LogP contribution in [0.1, 0.15) is 42.6 Å². The number of anilines is 2. The van der Waals surface area contributed by atoms with Crippen LogP contribution in [0.2, 0.25) is 0 Å². The first kappa shape index (κ1) is 21.1. The van der Waals surface area contributed by atoms with Crippen LogP contribution in [0.3, 0.4) is 0 Å². The van der Waals surface area contributed by atoms with E-state index in [9.17, 15) is 13.2 Å². The number of nitrogens with zero attached hydrogens (tertiary/aromatic N) is 3. The summed E-state index contributed by atoms with van der Waals surface area (Å²) < 4.78 is 27.1. The van der Waals surface area contributed by atoms with Crippen molar-refractivity contribution >= 4 is 49.8 Å². The number of aromatic nitrogens is 2. The summed E-state index contributed by atoms with van der Waals surface area (Å²) in [5.74, 6) is 1.30. The Balaban J connectivity index is 1.76. The number of amides is 1. The Bertz CT molecular complexity index is 957. The number of sulfonamides is 1. The van der Waals surface area contributed by atoms with Gasteiger partial charge in [-0.25, -0.2) is 8.42 Å². The van der Waals surface area contributed by atoms with Crippen LogP contribution in [0.4, 0.5) is 10.8 Å². The van der Waals surface area contributed by atoms with Crippen LogP contribution in [0.15, 0.2) is 22.5 Å². The first-order valence-corrected chi connectivity index (χ1v) is 12.6. The molecule has 2 aromatic rings. The molecule has 152 valence electrons. The lowest BCUT2D eigenvalue weighted by molar-refractivity contribution is 0.102. The molecular formula is C18H24N4O3S3. The molecule has 0 bridgehead atoms. The van der Waals surface area contributed by atoms with Crippen LogP contribution in [0, 0.1) is 12.8 Å². The molecule has 1 aliphatic heterocycles. The third-order valence-electron chi connectivity index (χ3n) is 4.26. The minimum absolute atomic E-state index is 0.143. The predicted molar refractivity (Wildman–Crippen MR) is 115 cm³/mol. The lowest BCUT2D eigenvalue weighted by atomic mass is 10.1. The van der Waals surface area contributed by atoms with Crippen molar-refractivity contribution in [2.24, 2.45) is 5.92 Å². The second-order valence-electron chi connectivity index (χ2n) is 7.13. The monoisotopic (exact) mass is 440 g/mol. The van der Waals surface area contributed by atoms with Gasteiger partial charge in [0, 0.05) is 17.9 Å². The normalized spacial score (nSPS) is 16.4. The molecule has 1 aromatic carbocycles. The predicted octanol–water partition coefficient (Wildman–Crippen LogP) is 3.78. The summed E-state index contributed by atoms with van der Waals surface area (Å²) in [4.78, 5) is 12.7. The number of nitrogens with one attached hydrogen (secondary N) is 1. The van der Waals surface area contributed by atoms with Gasteiger partial charge in [0.1, 0.15) is 0 Å². The quantitative estimate of drug-likeness (QED) is 0.543. The number of thioether (sulfide) groups is 1. The van der Waals surface area contributed by atoms with E-state index in [2.05, 4.69) is 29.4 Å². The van der Waals surface area contributed by atoms with Gasteiger partial charge in [-0.05, 0) is 43.4 Å². The molecule has 3 rings (SSSR count). The molecule has 28 heavy (non-hydrogen) atoms. The SMILES string of the molecule is Cc1ccc(C(=O)Nc2nnc(SCC(C)C)s2)cc1N1CCCCS1(=O)=O. The van der Waals surface area contributed by atoms with Gasteiger partial charge in [0.15, 0.2) is 4.34 Å². The number of benzene rings is 1. The summed E-state index contributed by atoms with van der Waals surface area (Å²) in [6, 6.07) is 5.11. The number of hydrogen-bond donors (Lipinski definition) is 1. The third kappa shape index (κ3) is 5.03. The van der Waals surface area contributed by atoms with Crippen LogP contribution in [-0.2, 0) is 10.0 Å². The molecule has 0 atom stereocenters. The smallest absolute Gasteiger partial charge is 0.257 e. The Morgan fingerprint density at radius 3 is 2.82 bits per heavy atom. The minimum atomic E-state index is -3.33. The van der Waals surface area contributed by atoms with E-state index in [0.717, 1.165) is 22.1 Å². The molecule has 1 amide bonds. The second kappa shape index (κ2) is 8.79. The standard InChI is InChI=1S/C18H24N4O3S3/c1-12(2)11-26-18-21-20-17(27-18)19-16(23)14-7-6-13(3)15(10-14)22-8-4-5-9-28(22,24)25/h6-7,10,12H,4-5,8-9,11H2,1-3H3,(H,19,20,23). The summed E-state index contributed by atoms with van der Waals surface area (Å²) >= 11 is 2.95. The van der Waals surface area contributed by atoms with E-state index in [-0.39, 0.29) is 11.7 Å². The fourth-order valence-corrected chi connectivity index (χ4v) is 6.22. The number of aryl methyl sites for hydroxylation is 1. The van der Waals surface area contributed by atoms with Crippen molar-refractivity contribution in [2.75, 3.05) is 27.7 Å². The fraction of sp³-hybridized carbons (Fsp3) is 0.500. The maximum Gasteiger partial charge on any atom is 0.257 e. The van der Waals surface area contributed by atoms with Crippen LogP contribution < -0.4 is 9.62 Å². The van der Waals surface area contributed by atoms with E-state index in [1.807, 2.05) is 6.92 Å². The van der Waals surface area contributed by atoms with Crippen LogP contribution in [0.25, 0.3) is 0 Å². The third-order valence-corrected chi connectivity index (χ3v) is 8.51. The minimum Gasteiger partial charge on any atom is -0.296 e. The summed E-state index contributed by atoms with van der Waals surface area (Å²) in [6.07, 6.45) is 1.49. The van der Waals surface area contributed by atoms with Crippen LogP contribution >= 0.6 is 23.1 Å². The number of hydrogen-bond acceptors (Lipinski definition) is 7. The molecule has 0 radical (unpaired) electrons. The topological polar surface area (TPSA) is 92.3 Å². The van der Waals surface area contributed by atoms with Crippen molar-refractivity contribution in [3.8, 4) is 0 Å². The van der Waals surface area contributed by atoms with Gasteiger partial charge in [0.2, 0.25) is 15.2 Å². The molecule has 0 unspecified atom stereocenters. The van der Waals surface area contributed by atoms with Gasteiger partial charge < -0.3 is 0 Å². The molecule has 1 N–H and O–H groups in total. The van der Waals surface area contributed by atoms with Crippen LogP contribution in [0.5, 0.6) is 0 Å². The molecule has 1 aromatic heterocycles. The van der Waals surface area contributed by atoms with E-state index in [4.69, 9.17) is 0 Å². The largest absolute Gasteiger partial charge is 0.296 e. The van der Waals surface area contributed by atoms with Crippen molar-refractivity contribution in [3.05, 3.63) is 29.3 Å². The average molecular weight is 441 g/mol. The Labute approximate surface area is 174 Å². The van der Waals surface area contributed by atoms with Gasteiger partial charge in [-0.15, -0.1) is 10.2 Å². The summed E-state index contributed by atoms with van der Waals surface area (Å²) in [6.45, 7) is 6.56.